The van der Waals surface area contributed by atoms with Gasteiger partial charge in [-0.15, -0.1) is 0 Å². The summed E-state index contributed by atoms with van der Waals surface area (Å²) in [6.45, 7) is 2.48. The van der Waals surface area contributed by atoms with Gasteiger partial charge in [0.15, 0.2) is 6.10 Å². The van der Waals surface area contributed by atoms with Gasteiger partial charge in [0.1, 0.15) is 0 Å². The second-order valence-electron chi connectivity index (χ2n) is 6.54. The fourth-order valence-corrected chi connectivity index (χ4v) is 3.16. The van der Waals surface area contributed by atoms with E-state index in [0.717, 1.165) is 5.69 Å². The van der Waals surface area contributed by atoms with Crippen LogP contribution < -0.4 is 5.32 Å². The number of morpholine rings is 1. The zero-order valence-electron chi connectivity index (χ0n) is 14.2. The lowest BCUT2D eigenvalue weighted by Gasteiger charge is -2.35. The Morgan fingerprint density at radius 1 is 1.21 bits per heavy atom. The molecule has 1 aliphatic carbocycles. The molecule has 2 atom stereocenters. The molecule has 0 spiro atoms. The van der Waals surface area contributed by atoms with E-state index in [1.807, 2.05) is 19.1 Å². The molecule has 0 radical (unpaired) electrons. The van der Waals surface area contributed by atoms with Crippen molar-refractivity contribution in [2.45, 2.75) is 44.3 Å². The van der Waals surface area contributed by atoms with Crippen molar-refractivity contribution in [1.82, 2.24) is 4.90 Å². The van der Waals surface area contributed by atoms with Gasteiger partial charge >= 0.3 is 12.0 Å². The highest BCUT2D eigenvalue weighted by Crippen LogP contribution is 2.36. The Bertz CT molecular complexity index is 598. The number of hydrogen-bond acceptors (Lipinski definition) is 4. The fourth-order valence-electron chi connectivity index (χ4n) is 3.16. The summed E-state index contributed by atoms with van der Waals surface area (Å²) in [4.78, 5) is 25.7. The van der Waals surface area contributed by atoms with Crippen molar-refractivity contribution in [3.8, 4) is 0 Å². The van der Waals surface area contributed by atoms with Crippen LogP contribution in [0.3, 0.4) is 0 Å². The number of nitrogens with zero attached hydrogens (tertiary/aromatic N) is 1. The lowest BCUT2D eigenvalue weighted by Crippen LogP contribution is -2.53. The topological polar surface area (TPSA) is 67.9 Å². The van der Waals surface area contributed by atoms with Gasteiger partial charge in [-0.3, -0.25) is 0 Å². The first-order chi connectivity index (χ1) is 11.6. The lowest BCUT2D eigenvalue weighted by molar-refractivity contribution is -0.163. The number of urea groups is 1. The van der Waals surface area contributed by atoms with Gasteiger partial charge in [-0.25, -0.2) is 9.59 Å². The van der Waals surface area contributed by atoms with E-state index < -0.39 is 12.1 Å². The van der Waals surface area contributed by atoms with E-state index in [1.54, 1.807) is 4.90 Å². The highest BCUT2D eigenvalue weighted by atomic mass is 16.6. The smallest absolute Gasteiger partial charge is 0.336 e. The second kappa shape index (κ2) is 7.21. The van der Waals surface area contributed by atoms with E-state index in [0.29, 0.717) is 12.5 Å². The van der Waals surface area contributed by atoms with Crippen LogP contribution in [0.2, 0.25) is 0 Å². The highest BCUT2D eigenvalue weighted by Gasteiger charge is 2.33. The molecule has 0 unspecified atom stereocenters. The third kappa shape index (κ3) is 3.70. The number of ether oxygens (including phenoxy) is 2. The number of amides is 2. The Balaban J connectivity index is 1.60. The van der Waals surface area contributed by atoms with Crippen LogP contribution >= 0.6 is 0 Å². The maximum atomic E-state index is 12.5. The van der Waals surface area contributed by atoms with Crippen LogP contribution in [0.4, 0.5) is 10.5 Å². The number of hydrogen-bond donors (Lipinski definition) is 1. The summed E-state index contributed by atoms with van der Waals surface area (Å²) in [5, 5.41) is 2.89. The summed E-state index contributed by atoms with van der Waals surface area (Å²) in [5.41, 5.74) is 2.10. The summed E-state index contributed by atoms with van der Waals surface area (Å²) in [6, 6.07) is 7.81. The highest BCUT2D eigenvalue weighted by molar-refractivity contribution is 5.90. The minimum atomic E-state index is -0.731. The van der Waals surface area contributed by atoms with Gasteiger partial charge in [0.05, 0.1) is 19.8 Å². The zero-order chi connectivity index (χ0) is 17.1. The fraction of sp³-hybridized carbons (Fsp3) is 0.556. The van der Waals surface area contributed by atoms with Crippen LogP contribution in [0.15, 0.2) is 24.3 Å². The monoisotopic (exact) mass is 332 g/mol. The molecule has 2 amide bonds. The Morgan fingerprint density at radius 3 is 2.50 bits per heavy atom. The van der Waals surface area contributed by atoms with E-state index in [2.05, 4.69) is 17.4 Å². The quantitative estimate of drug-likeness (QED) is 0.864. The van der Waals surface area contributed by atoms with Crippen molar-refractivity contribution in [2.24, 2.45) is 0 Å². The normalized spacial score (nSPS) is 24.2. The summed E-state index contributed by atoms with van der Waals surface area (Å²) in [7, 11) is 1.32. The molecule has 0 aromatic heterocycles. The van der Waals surface area contributed by atoms with Gasteiger partial charge < -0.3 is 19.7 Å². The van der Waals surface area contributed by atoms with Gasteiger partial charge in [0.2, 0.25) is 0 Å². The van der Waals surface area contributed by atoms with Gasteiger partial charge in [-0.05, 0) is 43.4 Å². The summed E-state index contributed by atoms with van der Waals surface area (Å²) < 4.78 is 10.2. The van der Waals surface area contributed by atoms with Crippen LogP contribution in [-0.2, 0) is 14.3 Å². The maximum absolute atomic E-state index is 12.5. The molecule has 1 saturated heterocycles. The molecule has 1 N–H and O–H groups in total. The Hall–Kier alpha value is -2.08. The first-order valence-corrected chi connectivity index (χ1v) is 8.46. The number of methoxy groups -OCH3 is 1. The number of carbonyl (C=O) groups is 2. The average Bonchev–Trinajstić information content (AvgIpc) is 2.53. The molecule has 2 aliphatic rings. The number of esters is 1. The predicted molar refractivity (Wildman–Crippen MR) is 90.0 cm³/mol. The van der Waals surface area contributed by atoms with Crippen LogP contribution in [0, 0.1) is 0 Å². The second-order valence-corrected chi connectivity index (χ2v) is 6.54. The van der Waals surface area contributed by atoms with E-state index in [-0.39, 0.29) is 18.7 Å². The summed E-state index contributed by atoms with van der Waals surface area (Å²) in [6.07, 6.45) is 2.87. The van der Waals surface area contributed by atoms with Crippen molar-refractivity contribution in [3.05, 3.63) is 29.8 Å². The first kappa shape index (κ1) is 16.8. The maximum Gasteiger partial charge on any atom is 0.336 e. The molecule has 130 valence electrons. The minimum absolute atomic E-state index is 0.197. The largest absolute Gasteiger partial charge is 0.467 e. The molecule has 1 aromatic rings. The van der Waals surface area contributed by atoms with Crippen molar-refractivity contribution in [3.63, 3.8) is 0 Å². The molecule has 6 nitrogen and oxygen atoms in total. The number of anilines is 1. The van der Waals surface area contributed by atoms with Crippen LogP contribution in [0.5, 0.6) is 0 Å². The van der Waals surface area contributed by atoms with Crippen molar-refractivity contribution in [2.75, 3.05) is 25.5 Å². The molecule has 24 heavy (non-hydrogen) atoms. The van der Waals surface area contributed by atoms with Gasteiger partial charge in [-0.1, -0.05) is 18.6 Å². The van der Waals surface area contributed by atoms with E-state index in [1.165, 1.54) is 31.9 Å². The van der Waals surface area contributed by atoms with Crippen LogP contribution in [0.1, 0.15) is 37.7 Å². The molecule has 1 aliphatic heterocycles. The van der Waals surface area contributed by atoms with Crippen LogP contribution in [-0.4, -0.2) is 49.3 Å². The van der Waals surface area contributed by atoms with Crippen LogP contribution in [0.25, 0.3) is 0 Å². The third-order valence-corrected chi connectivity index (χ3v) is 4.75. The predicted octanol–water partition coefficient (Wildman–Crippen LogP) is 2.75. The standard InChI is InChI=1S/C18H24N2O4/c1-12-10-20(11-16(24-12)17(21)23-2)18(22)19-15-8-6-14(7-9-15)13-4-3-5-13/h6-9,12-13,16H,3-5,10-11H2,1-2H3,(H,19,22)/t12-,16-/m1/s1. The Kier molecular flexibility index (Phi) is 5.04. The molecule has 1 heterocycles. The van der Waals surface area contributed by atoms with E-state index in [9.17, 15) is 9.59 Å². The van der Waals surface area contributed by atoms with Crippen molar-refractivity contribution in [1.29, 1.82) is 0 Å². The lowest BCUT2D eigenvalue weighted by atomic mass is 9.80. The average molecular weight is 332 g/mol. The SMILES string of the molecule is COC(=O)[C@H]1CN(C(=O)Nc2ccc(C3CCC3)cc2)C[C@@H](C)O1. The number of carbonyl (C=O) groups excluding carboxylic acids is 2. The number of nitrogens with one attached hydrogen (secondary N) is 1. The van der Waals surface area contributed by atoms with Gasteiger partial charge in [0, 0.05) is 12.2 Å². The van der Waals surface area contributed by atoms with Crippen molar-refractivity contribution < 1.29 is 19.1 Å². The molecule has 1 aromatic carbocycles. The minimum Gasteiger partial charge on any atom is -0.467 e. The van der Waals surface area contributed by atoms with Crippen molar-refractivity contribution >= 4 is 17.7 Å². The molecule has 1 saturated carbocycles. The Labute approximate surface area is 142 Å². The third-order valence-electron chi connectivity index (χ3n) is 4.75. The molecule has 0 bridgehead atoms. The number of rotatable bonds is 3. The Morgan fingerprint density at radius 2 is 1.92 bits per heavy atom. The summed E-state index contributed by atoms with van der Waals surface area (Å²) in [5.74, 6) is 0.222. The first-order valence-electron chi connectivity index (χ1n) is 8.46. The van der Waals surface area contributed by atoms with Gasteiger partial charge in [0.25, 0.3) is 0 Å². The molecule has 6 heteroatoms. The van der Waals surface area contributed by atoms with E-state index >= 15 is 0 Å². The molecule has 3 rings (SSSR count). The summed E-state index contributed by atoms with van der Waals surface area (Å²) >= 11 is 0. The number of benzene rings is 1. The van der Waals surface area contributed by atoms with Gasteiger partial charge in [-0.2, -0.15) is 0 Å². The molecule has 2 fully saturated rings. The van der Waals surface area contributed by atoms with E-state index in [4.69, 9.17) is 9.47 Å². The molecular weight excluding hydrogens is 308 g/mol. The molecular formula is C18H24N2O4. The zero-order valence-corrected chi connectivity index (χ0v) is 14.2.